The Morgan fingerprint density at radius 2 is 2.38 bits per heavy atom. The molecule has 6 heteroatoms. The van der Waals surface area contributed by atoms with Crippen molar-refractivity contribution >= 4 is 44.9 Å². The first kappa shape index (κ1) is 14.9. The summed E-state index contributed by atoms with van der Waals surface area (Å²) in [5.41, 5.74) is 1.33. The lowest BCUT2D eigenvalue weighted by Gasteiger charge is -2.38. The highest BCUT2D eigenvalue weighted by molar-refractivity contribution is 9.14. The van der Waals surface area contributed by atoms with E-state index in [2.05, 4.69) is 58.2 Å². The second-order valence-corrected chi connectivity index (χ2v) is 8.63. The van der Waals surface area contributed by atoms with Gasteiger partial charge in [0.05, 0.1) is 16.4 Å². The average Bonchev–Trinajstić information content (AvgIpc) is 2.85. The lowest BCUT2D eigenvalue weighted by molar-refractivity contribution is -0.127. The fraction of sp³-hybridized carbons (Fsp3) is 0.267. The minimum Gasteiger partial charge on any atom is -0.343 e. The Hall–Kier alpha value is -0.980. The SMILES string of the molecule is C=CC(=O)N1Cc2sc(C)cc2[C@@H](N2C=CSC(Br)=C2)C1. The van der Waals surface area contributed by atoms with Crippen molar-refractivity contribution in [3.63, 3.8) is 0 Å². The van der Waals surface area contributed by atoms with E-state index in [1.54, 1.807) is 23.1 Å². The summed E-state index contributed by atoms with van der Waals surface area (Å²) in [7, 11) is 0. The molecule has 2 aliphatic heterocycles. The summed E-state index contributed by atoms with van der Waals surface area (Å²) in [6.45, 7) is 7.09. The monoisotopic (exact) mass is 382 g/mol. The molecule has 0 aliphatic carbocycles. The van der Waals surface area contributed by atoms with Crippen molar-refractivity contribution < 1.29 is 4.79 Å². The first-order valence-corrected chi connectivity index (χ1v) is 9.06. The molecule has 2 aliphatic rings. The molecule has 0 bridgehead atoms. The van der Waals surface area contributed by atoms with E-state index in [1.165, 1.54) is 21.4 Å². The van der Waals surface area contributed by atoms with Crippen molar-refractivity contribution in [1.29, 1.82) is 0 Å². The summed E-state index contributed by atoms with van der Waals surface area (Å²) < 4.78 is 1.07. The van der Waals surface area contributed by atoms with Crippen LogP contribution in [0.3, 0.4) is 0 Å². The van der Waals surface area contributed by atoms with E-state index in [4.69, 9.17) is 0 Å². The first-order chi connectivity index (χ1) is 10.1. The second-order valence-electron chi connectivity index (χ2n) is 4.96. The van der Waals surface area contributed by atoms with Gasteiger partial charge in [-0.25, -0.2) is 0 Å². The molecule has 0 spiro atoms. The minimum absolute atomic E-state index is 0.00453. The molecular formula is C15H15BrN2OS2. The lowest BCUT2D eigenvalue weighted by atomic mass is 10.0. The largest absolute Gasteiger partial charge is 0.343 e. The fourth-order valence-corrected chi connectivity index (χ4v) is 4.82. The lowest BCUT2D eigenvalue weighted by Crippen LogP contribution is -2.40. The average molecular weight is 383 g/mol. The van der Waals surface area contributed by atoms with Gasteiger partial charge in [-0.2, -0.15) is 0 Å². The summed E-state index contributed by atoms with van der Waals surface area (Å²) in [5.74, 6) is -0.00453. The number of aryl methyl sites for hydroxylation is 1. The number of carbonyl (C=O) groups excluding carboxylic acids is 1. The zero-order valence-corrected chi connectivity index (χ0v) is 14.8. The van der Waals surface area contributed by atoms with Crippen molar-refractivity contribution in [3.05, 3.63) is 55.7 Å². The molecule has 0 N–H and O–H groups in total. The molecule has 0 saturated heterocycles. The second kappa shape index (κ2) is 6.02. The highest BCUT2D eigenvalue weighted by Gasteiger charge is 2.31. The molecule has 1 amide bonds. The molecule has 0 fully saturated rings. The molecule has 0 aromatic carbocycles. The zero-order valence-electron chi connectivity index (χ0n) is 11.6. The number of nitrogens with zero attached hydrogens (tertiary/aromatic N) is 2. The fourth-order valence-electron chi connectivity index (χ4n) is 2.63. The quantitative estimate of drug-likeness (QED) is 0.710. The highest BCUT2D eigenvalue weighted by atomic mass is 79.9. The maximum absolute atomic E-state index is 12.0. The van der Waals surface area contributed by atoms with E-state index >= 15 is 0 Å². The van der Waals surface area contributed by atoms with Crippen LogP contribution in [0.25, 0.3) is 0 Å². The highest BCUT2D eigenvalue weighted by Crippen LogP contribution is 2.39. The van der Waals surface area contributed by atoms with Crippen LogP contribution in [0.1, 0.15) is 21.4 Å². The molecule has 110 valence electrons. The Bertz CT molecular complexity index is 650. The Balaban J connectivity index is 1.97. The number of amides is 1. The maximum atomic E-state index is 12.0. The van der Waals surface area contributed by atoms with Gasteiger partial charge in [-0.1, -0.05) is 18.3 Å². The number of hydrogen-bond donors (Lipinski definition) is 0. The van der Waals surface area contributed by atoms with E-state index in [0.717, 1.165) is 3.81 Å². The first-order valence-electron chi connectivity index (χ1n) is 6.57. The third kappa shape index (κ3) is 2.98. The third-order valence-electron chi connectivity index (χ3n) is 3.56. The number of halogens is 1. The van der Waals surface area contributed by atoms with E-state index in [0.29, 0.717) is 13.1 Å². The van der Waals surface area contributed by atoms with Gasteiger partial charge < -0.3 is 9.80 Å². The van der Waals surface area contributed by atoms with Crippen molar-refractivity contribution in [2.75, 3.05) is 6.54 Å². The number of hydrogen-bond acceptors (Lipinski definition) is 4. The van der Waals surface area contributed by atoms with Gasteiger partial charge in [0.15, 0.2) is 0 Å². The van der Waals surface area contributed by atoms with Gasteiger partial charge in [0.2, 0.25) is 5.91 Å². The molecule has 3 rings (SSSR count). The van der Waals surface area contributed by atoms with Gasteiger partial charge in [-0.05, 0) is 46.0 Å². The number of carbonyl (C=O) groups is 1. The van der Waals surface area contributed by atoms with Crippen LogP contribution in [-0.2, 0) is 11.3 Å². The van der Waals surface area contributed by atoms with Crippen molar-refractivity contribution in [2.45, 2.75) is 19.5 Å². The van der Waals surface area contributed by atoms with Crippen LogP contribution < -0.4 is 0 Å². The van der Waals surface area contributed by atoms with Crippen LogP contribution in [0.4, 0.5) is 0 Å². The molecule has 3 heterocycles. The van der Waals surface area contributed by atoms with Crippen molar-refractivity contribution in [2.24, 2.45) is 0 Å². The molecule has 0 unspecified atom stereocenters. The van der Waals surface area contributed by atoms with Crippen molar-refractivity contribution in [3.8, 4) is 0 Å². The summed E-state index contributed by atoms with van der Waals surface area (Å²) in [6.07, 6.45) is 5.54. The molecule has 1 aromatic heterocycles. The van der Waals surface area contributed by atoms with E-state index in [-0.39, 0.29) is 11.9 Å². The summed E-state index contributed by atoms with van der Waals surface area (Å²) in [4.78, 5) is 18.6. The van der Waals surface area contributed by atoms with Gasteiger partial charge in [-0.3, -0.25) is 4.79 Å². The summed E-state index contributed by atoms with van der Waals surface area (Å²) in [6, 6.07) is 2.41. The van der Waals surface area contributed by atoms with Crippen LogP contribution in [-0.4, -0.2) is 22.3 Å². The predicted molar refractivity (Wildman–Crippen MR) is 93.0 cm³/mol. The van der Waals surface area contributed by atoms with Crippen molar-refractivity contribution in [1.82, 2.24) is 9.80 Å². The Morgan fingerprint density at radius 3 is 3.10 bits per heavy atom. The normalized spacial score (nSPS) is 21.0. The summed E-state index contributed by atoms with van der Waals surface area (Å²) in [5, 5.41) is 2.05. The van der Waals surface area contributed by atoms with E-state index < -0.39 is 0 Å². The van der Waals surface area contributed by atoms with Crippen LogP contribution in [0, 0.1) is 6.92 Å². The van der Waals surface area contributed by atoms with Gasteiger partial charge in [0.1, 0.15) is 0 Å². The van der Waals surface area contributed by atoms with Crippen LogP contribution >= 0.6 is 39.0 Å². The standard InChI is InChI=1S/C15H15BrN2OS2/c1-3-15(19)18-7-12(17-4-5-20-14(16)9-17)11-6-10(2)21-13(11)8-18/h3-6,9,12H,1,7-8H2,2H3/t12-/m0/s1. The number of rotatable bonds is 2. The topological polar surface area (TPSA) is 23.6 Å². The number of thiophene rings is 1. The summed E-state index contributed by atoms with van der Waals surface area (Å²) >= 11 is 6.95. The minimum atomic E-state index is -0.00453. The van der Waals surface area contributed by atoms with Gasteiger partial charge >= 0.3 is 0 Å². The number of thioether (sulfide) groups is 1. The molecule has 3 nitrogen and oxygen atoms in total. The Morgan fingerprint density at radius 1 is 1.57 bits per heavy atom. The Labute approximate surface area is 141 Å². The van der Waals surface area contributed by atoms with Crippen LogP contribution in [0.2, 0.25) is 0 Å². The smallest absolute Gasteiger partial charge is 0.246 e. The molecule has 1 aromatic rings. The van der Waals surface area contributed by atoms with E-state index in [1.807, 2.05) is 4.90 Å². The molecule has 21 heavy (non-hydrogen) atoms. The molecule has 1 atom stereocenters. The molecule has 0 radical (unpaired) electrons. The van der Waals surface area contributed by atoms with Crippen LogP contribution in [0.5, 0.6) is 0 Å². The van der Waals surface area contributed by atoms with Crippen LogP contribution in [0.15, 0.2) is 40.3 Å². The zero-order chi connectivity index (χ0) is 15.0. The molecular weight excluding hydrogens is 368 g/mol. The predicted octanol–water partition coefficient (Wildman–Crippen LogP) is 4.34. The molecule has 0 saturated carbocycles. The Kier molecular flexibility index (Phi) is 4.28. The third-order valence-corrected chi connectivity index (χ3v) is 5.97. The van der Waals surface area contributed by atoms with Gasteiger partial charge in [-0.15, -0.1) is 11.3 Å². The number of fused-ring (bicyclic) bond motifs is 1. The maximum Gasteiger partial charge on any atom is 0.246 e. The van der Waals surface area contributed by atoms with Gasteiger partial charge in [0.25, 0.3) is 0 Å². The van der Waals surface area contributed by atoms with E-state index in [9.17, 15) is 4.79 Å². The van der Waals surface area contributed by atoms with Gasteiger partial charge in [0, 0.05) is 28.7 Å².